The zero-order chi connectivity index (χ0) is 12.3. The number of anilines is 1. The number of sulfonamides is 1. The fraction of sp³-hybridized carbons (Fsp3) is 0. The van der Waals surface area contributed by atoms with E-state index in [1.54, 1.807) is 6.07 Å². The fourth-order valence-corrected chi connectivity index (χ4v) is 2.25. The minimum absolute atomic E-state index is 0.0396. The molecule has 0 spiro atoms. The van der Waals surface area contributed by atoms with Crippen LogP contribution in [0.25, 0.3) is 0 Å². The van der Waals surface area contributed by atoms with Crippen LogP contribution >= 0.6 is 0 Å². The van der Waals surface area contributed by atoms with Gasteiger partial charge in [-0.1, -0.05) is 5.16 Å². The second-order valence-corrected chi connectivity index (χ2v) is 4.60. The summed E-state index contributed by atoms with van der Waals surface area (Å²) in [6.45, 7) is 0. The van der Waals surface area contributed by atoms with Crippen LogP contribution in [0, 0.1) is 11.3 Å². The van der Waals surface area contributed by atoms with Gasteiger partial charge >= 0.3 is 0 Å². The predicted octanol–water partition coefficient (Wildman–Crippen LogP) is 0.742. The van der Waals surface area contributed by atoms with Crippen molar-refractivity contribution in [2.45, 2.75) is 4.90 Å². The smallest absolute Gasteiger partial charge is 0.266 e. The van der Waals surface area contributed by atoms with Crippen molar-refractivity contribution in [3.05, 3.63) is 36.4 Å². The lowest BCUT2D eigenvalue weighted by molar-refractivity contribution is 0.423. The Hall–Kier alpha value is -2.40. The van der Waals surface area contributed by atoms with Crippen LogP contribution in [0.4, 0.5) is 5.82 Å². The third kappa shape index (κ3) is 2.24. The van der Waals surface area contributed by atoms with Crippen LogP contribution in [-0.2, 0) is 10.0 Å². The van der Waals surface area contributed by atoms with Gasteiger partial charge in [-0.05, 0) is 12.1 Å². The van der Waals surface area contributed by atoms with Crippen LogP contribution in [0.3, 0.4) is 0 Å². The maximum absolute atomic E-state index is 11.9. The molecule has 2 aromatic heterocycles. The van der Waals surface area contributed by atoms with E-state index in [0.717, 1.165) is 0 Å². The van der Waals surface area contributed by atoms with E-state index in [1.807, 2.05) is 0 Å². The summed E-state index contributed by atoms with van der Waals surface area (Å²) >= 11 is 0. The van der Waals surface area contributed by atoms with Gasteiger partial charge in [-0.25, -0.2) is 13.4 Å². The summed E-state index contributed by atoms with van der Waals surface area (Å²) in [5, 5.41) is 12.2. The predicted molar refractivity (Wildman–Crippen MR) is 56.3 cm³/mol. The standard InChI is InChI=1S/C9H6N4O3S/c10-6-7-8(2-1-4-11-7)17(14,15)13-9-3-5-16-12-9/h1-5H,(H,12,13). The first-order valence-electron chi connectivity index (χ1n) is 4.42. The lowest BCUT2D eigenvalue weighted by atomic mass is 10.4. The number of nitrogens with zero attached hydrogens (tertiary/aromatic N) is 3. The molecule has 86 valence electrons. The molecule has 0 bridgehead atoms. The van der Waals surface area contributed by atoms with Gasteiger partial charge in [0.2, 0.25) is 0 Å². The van der Waals surface area contributed by atoms with Crippen LogP contribution in [0.15, 0.2) is 40.1 Å². The Labute approximate surface area is 96.7 Å². The van der Waals surface area contributed by atoms with Gasteiger partial charge in [-0.2, -0.15) is 5.26 Å². The average molecular weight is 250 g/mol. The summed E-state index contributed by atoms with van der Waals surface area (Å²) < 4.78 is 30.5. The summed E-state index contributed by atoms with van der Waals surface area (Å²) in [4.78, 5) is 3.47. The van der Waals surface area contributed by atoms with Gasteiger partial charge in [0.25, 0.3) is 10.0 Å². The van der Waals surface area contributed by atoms with Gasteiger partial charge in [0.05, 0.1) is 0 Å². The van der Waals surface area contributed by atoms with Gasteiger partial charge in [0, 0.05) is 12.3 Å². The molecule has 0 unspecified atom stereocenters. The summed E-state index contributed by atoms with van der Waals surface area (Å²) in [5.41, 5.74) is -0.177. The first-order chi connectivity index (χ1) is 8.13. The van der Waals surface area contributed by atoms with Crippen molar-refractivity contribution in [2.75, 3.05) is 4.72 Å². The van der Waals surface area contributed by atoms with Crippen molar-refractivity contribution in [2.24, 2.45) is 0 Å². The van der Waals surface area contributed by atoms with Crippen LogP contribution in [0.5, 0.6) is 0 Å². The number of nitrogens with one attached hydrogen (secondary N) is 1. The highest BCUT2D eigenvalue weighted by molar-refractivity contribution is 7.92. The molecule has 0 saturated heterocycles. The monoisotopic (exact) mass is 250 g/mol. The Morgan fingerprint density at radius 1 is 1.41 bits per heavy atom. The SMILES string of the molecule is N#Cc1ncccc1S(=O)(=O)Nc1ccon1. The van der Waals surface area contributed by atoms with Crippen LogP contribution in [-0.4, -0.2) is 18.6 Å². The normalized spacial score (nSPS) is 10.8. The van der Waals surface area contributed by atoms with Crippen molar-refractivity contribution in [3.63, 3.8) is 0 Å². The molecule has 0 atom stereocenters. The molecule has 0 aliphatic heterocycles. The Bertz CT molecular complexity index is 658. The first kappa shape index (κ1) is 11.1. The van der Waals surface area contributed by atoms with E-state index in [1.165, 1.54) is 30.7 Å². The van der Waals surface area contributed by atoms with E-state index in [-0.39, 0.29) is 16.4 Å². The number of nitriles is 1. The number of aromatic nitrogens is 2. The number of rotatable bonds is 3. The molecule has 0 aromatic carbocycles. The third-order valence-corrected chi connectivity index (χ3v) is 3.23. The maximum atomic E-state index is 11.9. The van der Waals surface area contributed by atoms with Gasteiger partial charge in [-0.3, -0.25) is 4.72 Å². The van der Waals surface area contributed by atoms with E-state index < -0.39 is 10.0 Å². The Balaban J connectivity index is 2.42. The quantitative estimate of drug-likeness (QED) is 0.860. The molecule has 2 aromatic rings. The van der Waals surface area contributed by atoms with E-state index in [0.29, 0.717) is 0 Å². The van der Waals surface area contributed by atoms with E-state index in [2.05, 4.69) is 19.4 Å². The van der Waals surface area contributed by atoms with E-state index in [4.69, 9.17) is 5.26 Å². The van der Waals surface area contributed by atoms with Crippen LogP contribution < -0.4 is 4.72 Å². The number of hydrogen-bond donors (Lipinski definition) is 1. The number of hydrogen-bond acceptors (Lipinski definition) is 6. The molecule has 2 heterocycles. The minimum atomic E-state index is -3.88. The highest BCUT2D eigenvalue weighted by Gasteiger charge is 2.20. The second kappa shape index (κ2) is 4.23. The number of pyridine rings is 1. The molecule has 7 nitrogen and oxygen atoms in total. The average Bonchev–Trinajstić information content (AvgIpc) is 2.81. The van der Waals surface area contributed by atoms with Crippen molar-refractivity contribution < 1.29 is 12.9 Å². The highest BCUT2D eigenvalue weighted by Crippen LogP contribution is 2.16. The molecule has 2 rings (SSSR count). The molecule has 0 aliphatic carbocycles. The highest BCUT2D eigenvalue weighted by atomic mass is 32.2. The van der Waals surface area contributed by atoms with Crippen LogP contribution in [0.2, 0.25) is 0 Å². The Morgan fingerprint density at radius 3 is 2.88 bits per heavy atom. The van der Waals surface area contributed by atoms with Crippen molar-refractivity contribution in [3.8, 4) is 6.07 Å². The molecule has 0 fully saturated rings. The van der Waals surface area contributed by atoms with Gasteiger partial charge in [0.15, 0.2) is 11.5 Å². The first-order valence-corrected chi connectivity index (χ1v) is 5.90. The Morgan fingerprint density at radius 2 is 2.24 bits per heavy atom. The molecule has 17 heavy (non-hydrogen) atoms. The molecule has 8 heteroatoms. The lowest BCUT2D eigenvalue weighted by Gasteiger charge is -2.05. The zero-order valence-electron chi connectivity index (χ0n) is 8.36. The van der Waals surface area contributed by atoms with Crippen molar-refractivity contribution in [1.29, 1.82) is 5.26 Å². The van der Waals surface area contributed by atoms with E-state index in [9.17, 15) is 8.42 Å². The molecule has 0 amide bonds. The molecule has 0 saturated carbocycles. The summed E-state index contributed by atoms with van der Waals surface area (Å²) in [5.74, 6) is 0.0396. The second-order valence-electron chi connectivity index (χ2n) is 2.95. The van der Waals surface area contributed by atoms with Crippen LogP contribution in [0.1, 0.15) is 5.69 Å². The zero-order valence-corrected chi connectivity index (χ0v) is 9.18. The molecular formula is C9H6N4O3S. The largest absolute Gasteiger partial charge is 0.363 e. The maximum Gasteiger partial charge on any atom is 0.266 e. The fourth-order valence-electron chi connectivity index (χ4n) is 1.15. The van der Waals surface area contributed by atoms with Gasteiger partial charge in [-0.15, -0.1) is 0 Å². The van der Waals surface area contributed by atoms with Crippen molar-refractivity contribution in [1.82, 2.24) is 10.1 Å². The summed E-state index contributed by atoms with van der Waals surface area (Å²) in [7, 11) is -3.88. The topological polar surface area (TPSA) is 109 Å². The Kier molecular flexibility index (Phi) is 2.76. The third-order valence-electron chi connectivity index (χ3n) is 1.84. The summed E-state index contributed by atoms with van der Waals surface area (Å²) in [6.07, 6.45) is 2.57. The summed E-state index contributed by atoms with van der Waals surface area (Å²) in [6, 6.07) is 5.77. The minimum Gasteiger partial charge on any atom is -0.363 e. The molecular weight excluding hydrogens is 244 g/mol. The van der Waals surface area contributed by atoms with Gasteiger partial charge in [0.1, 0.15) is 17.2 Å². The molecule has 1 N–H and O–H groups in total. The lowest BCUT2D eigenvalue weighted by Crippen LogP contribution is -2.15. The molecule has 0 radical (unpaired) electrons. The van der Waals surface area contributed by atoms with E-state index >= 15 is 0 Å². The van der Waals surface area contributed by atoms with Gasteiger partial charge < -0.3 is 4.52 Å². The molecule has 0 aliphatic rings. The van der Waals surface area contributed by atoms with Crippen molar-refractivity contribution >= 4 is 15.8 Å².